The Bertz CT molecular complexity index is 571. The van der Waals surface area contributed by atoms with Crippen molar-refractivity contribution in [3.63, 3.8) is 0 Å². The quantitative estimate of drug-likeness (QED) is 0.505. The van der Waals surface area contributed by atoms with Crippen molar-refractivity contribution in [2.24, 2.45) is 11.3 Å². The molecule has 7 heteroatoms. The van der Waals surface area contributed by atoms with Crippen molar-refractivity contribution in [1.29, 1.82) is 0 Å². The topological polar surface area (TPSA) is 102 Å². The molecule has 1 aliphatic heterocycles. The minimum Gasteiger partial charge on any atom is -0.338 e. The van der Waals surface area contributed by atoms with Crippen LogP contribution in [0.2, 0.25) is 0 Å². The number of benzene rings is 1. The highest BCUT2D eigenvalue weighted by Crippen LogP contribution is 2.30. The molecule has 0 spiro atoms. The van der Waals surface area contributed by atoms with Crippen molar-refractivity contribution in [3.8, 4) is 0 Å². The number of likely N-dealkylation sites (tertiary alicyclic amines) is 1. The Balaban J connectivity index is 2.25. The molecule has 3 N–H and O–H groups in total. The number of nitrogen functional groups attached to an aromatic ring is 1. The molecule has 2 rings (SSSR count). The van der Waals surface area contributed by atoms with Gasteiger partial charge in [0, 0.05) is 24.7 Å². The number of nitrogens with zero attached hydrogens (tertiary/aromatic N) is 2. The highest BCUT2D eigenvalue weighted by Gasteiger charge is 2.30. The molecule has 1 saturated heterocycles. The molecule has 0 aliphatic carbocycles. The lowest BCUT2D eigenvalue weighted by atomic mass is 9.84. The van der Waals surface area contributed by atoms with Crippen LogP contribution in [0, 0.1) is 15.5 Å². The standard InChI is InChI=1S/C14H20N4O3/c1-14(2)6-3-7-17(9-14)13(19)10-4-5-12(18(20)21)11(8-10)16-15/h4-5,8,16H,3,6-7,9,15H2,1-2H3. The second-order valence-corrected chi connectivity index (χ2v) is 6.13. The lowest BCUT2D eigenvalue weighted by Crippen LogP contribution is -2.43. The van der Waals surface area contributed by atoms with Crippen molar-refractivity contribution in [1.82, 2.24) is 4.90 Å². The molecule has 114 valence electrons. The van der Waals surface area contributed by atoms with E-state index in [1.807, 2.05) is 0 Å². The minimum absolute atomic E-state index is 0.101. The van der Waals surface area contributed by atoms with E-state index in [4.69, 9.17) is 5.84 Å². The lowest BCUT2D eigenvalue weighted by Gasteiger charge is -2.38. The number of rotatable bonds is 3. The highest BCUT2D eigenvalue weighted by molar-refractivity contribution is 5.96. The van der Waals surface area contributed by atoms with E-state index >= 15 is 0 Å². The molecule has 0 unspecified atom stereocenters. The van der Waals surface area contributed by atoms with E-state index in [2.05, 4.69) is 19.3 Å². The summed E-state index contributed by atoms with van der Waals surface area (Å²) in [5.41, 5.74) is 2.78. The fraction of sp³-hybridized carbons (Fsp3) is 0.500. The van der Waals surface area contributed by atoms with Crippen molar-refractivity contribution >= 4 is 17.3 Å². The Morgan fingerprint density at radius 3 is 2.76 bits per heavy atom. The van der Waals surface area contributed by atoms with Gasteiger partial charge in [0.25, 0.3) is 11.6 Å². The maximum absolute atomic E-state index is 12.5. The number of hydrogen-bond donors (Lipinski definition) is 2. The highest BCUT2D eigenvalue weighted by atomic mass is 16.6. The van der Waals surface area contributed by atoms with E-state index < -0.39 is 4.92 Å². The Hall–Kier alpha value is -2.15. The smallest absolute Gasteiger partial charge is 0.293 e. The Morgan fingerprint density at radius 2 is 2.19 bits per heavy atom. The number of amides is 1. The van der Waals surface area contributed by atoms with Gasteiger partial charge in [0.1, 0.15) is 5.69 Å². The van der Waals surface area contributed by atoms with E-state index in [-0.39, 0.29) is 22.7 Å². The van der Waals surface area contributed by atoms with Gasteiger partial charge in [-0.1, -0.05) is 13.8 Å². The van der Waals surface area contributed by atoms with Crippen LogP contribution in [0.3, 0.4) is 0 Å². The van der Waals surface area contributed by atoms with Gasteiger partial charge in [-0.3, -0.25) is 20.8 Å². The van der Waals surface area contributed by atoms with Crippen LogP contribution in [0.4, 0.5) is 11.4 Å². The van der Waals surface area contributed by atoms with Gasteiger partial charge >= 0.3 is 0 Å². The summed E-state index contributed by atoms with van der Waals surface area (Å²) in [6.45, 7) is 5.67. The van der Waals surface area contributed by atoms with Crippen LogP contribution in [0.25, 0.3) is 0 Å². The summed E-state index contributed by atoms with van der Waals surface area (Å²) >= 11 is 0. The number of carbonyl (C=O) groups is 1. The number of hydrazine groups is 1. The molecule has 0 saturated carbocycles. The van der Waals surface area contributed by atoms with Crippen LogP contribution in [0.15, 0.2) is 18.2 Å². The van der Waals surface area contributed by atoms with E-state index in [9.17, 15) is 14.9 Å². The minimum atomic E-state index is -0.534. The number of nitro groups is 1. The molecular weight excluding hydrogens is 272 g/mol. The second kappa shape index (κ2) is 5.69. The Labute approximate surface area is 123 Å². The summed E-state index contributed by atoms with van der Waals surface area (Å²) in [5, 5.41) is 10.9. The van der Waals surface area contributed by atoms with E-state index in [1.165, 1.54) is 18.2 Å². The predicted molar refractivity (Wildman–Crippen MR) is 79.8 cm³/mol. The number of anilines is 1. The van der Waals surface area contributed by atoms with Gasteiger partial charge in [0.05, 0.1) is 4.92 Å². The first-order valence-electron chi connectivity index (χ1n) is 6.88. The van der Waals surface area contributed by atoms with Gasteiger partial charge in [-0.2, -0.15) is 0 Å². The molecule has 1 aliphatic rings. The summed E-state index contributed by atoms with van der Waals surface area (Å²) < 4.78 is 0. The number of piperidine rings is 1. The molecule has 0 aromatic heterocycles. The van der Waals surface area contributed by atoms with Crippen LogP contribution in [-0.4, -0.2) is 28.8 Å². The predicted octanol–water partition coefficient (Wildman–Crippen LogP) is 2.14. The SMILES string of the molecule is CC1(C)CCCN(C(=O)c2ccc([N+](=O)[O-])c(NN)c2)C1. The summed E-state index contributed by atoms with van der Waals surface area (Å²) in [6, 6.07) is 4.21. The average Bonchev–Trinajstić information content (AvgIpc) is 2.44. The number of nitrogens with one attached hydrogen (secondary N) is 1. The van der Waals surface area contributed by atoms with Gasteiger partial charge in [0.2, 0.25) is 0 Å². The van der Waals surface area contributed by atoms with Crippen LogP contribution < -0.4 is 11.3 Å². The van der Waals surface area contributed by atoms with Crippen molar-refractivity contribution < 1.29 is 9.72 Å². The molecule has 21 heavy (non-hydrogen) atoms. The first-order chi connectivity index (χ1) is 9.84. The summed E-state index contributed by atoms with van der Waals surface area (Å²) in [5.74, 6) is 5.18. The maximum atomic E-state index is 12.5. The van der Waals surface area contributed by atoms with Crippen molar-refractivity contribution in [2.75, 3.05) is 18.5 Å². The third-order valence-corrected chi connectivity index (χ3v) is 3.78. The zero-order valence-corrected chi connectivity index (χ0v) is 12.3. The van der Waals surface area contributed by atoms with E-state index in [0.717, 1.165) is 12.8 Å². The Morgan fingerprint density at radius 1 is 1.48 bits per heavy atom. The van der Waals surface area contributed by atoms with E-state index in [1.54, 1.807) is 4.90 Å². The molecule has 1 amide bonds. The third kappa shape index (κ3) is 3.30. The molecule has 0 atom stereocenters. The van der Waals surface area contributed by atoms with E-state index in [0.29, 0.717) is 18.7 Å². The average molecular weight is 292 g/mol. The van der Waals surface area contributed by atoms with Gasteiger partial charge in [-0.05, 0) is 30.4 Å². The largest absolute Gasteiger partial charge is 0.338 e. The molecule has 7 nitrogen and oxygen atoms in total. The monoisotopic (exact) mass is 292 g/mol. The molecule has 1 fully saturated rings. The number of nitrogens with two attached hydrogens (primary N) is 1. The van der Waals surface area contributed by atoms with Gasteiger partial charge < -0.3 is 10.3 Å². The van der Waals surface area contributed by atoms with Crippen molar-refractivity contribution in [3.05, 3.63) is 33.9 Å². The van der Waals surface area contributed by atoms with Crippen LogP contribution in [0.5, 0.6) is 0 Å². The maximum Gasteiger partial charge on any atom is 0.293 e. The summed E-state index contributed by atoms with van der Waals surface area (Å²) in [7, 11) is 0. The van der Waals surface area contributed by atoms with Gasteiger partial charge in [-0.25, -0.2) is 0 Å². The van der Waals surface area contributed by atoms with Crippen molar-refractivity contribution in [2.45, 2.75) is 26.7 Å². The molecule has 0 radical (unpaired) electrons. The first kappa shape index (κ1) is 15.2. The first-order valence-corrected chi connectivity index (χ1v) is 6.88. The second-order valence-electron chi connectivity index (χ2n) is 6.13. The van der Waals surface area contributed by atoms with Gasteiger partial charge in [-0.15, -0.1) is 0 Å². The molecule has 0 bridgehead atoms. The zero-order chi connectivity index (χ0) is 15.6. The molecule has 1 aromatic rings. The van der Waals surface area contributed by atoms with Crippen LogP contribution in [0.1, 0.15) is 37.0 Å². The molecular formula is C14H20N4O3. The fourth-order valence-corrected chi connectivity index (χ4v) is 2.72. The van der Waals surface area contributed by atoms with Crippen LogP contribution >= 0.6 is 0 Å². The summed E-state index contributed by atoms with van der Waals surface area (Å²) in [6.07, 6.45) is 2.06. The molecule has 1 heterocycles. The third-order valence-electron chi connectivity index (χ3n) is 3.78. The van der Waals surface area contributed by atoms with Crippen LogP contribution in [-0.2, 0) is 0 Å². The lowest BCUT2D eigenvalue weighted by molar-refractivity contribution is -0.384. The fourth-order valence-electron chi connectivity index (χ4n) is 2.72. The number of carbonyl (C=O) groups excluding carboxylic acids is 1. The Kier molecular flexibility index (Phi) is 4.13. The molecule has 1 aromatic carbocycles. The zero-order valence-electron chi connectivity index (χ0n) is 12.3. The summed E-state index contributed by atoms with van der Waals surface area (Å²) in [4.78, 5) is 24.6. The van der Waals surface area contributed by atoms with Gasteiger partial charge in [0.15, 0.2) is 0 Å². The number of nitro benzene ring substituents is 1. The number of hydrogen-bond acceptors (Lipinski definition) is 5. The normalized spacial score (nSPS) is 17.4.